The highest BCUT2D eigenvalue weighted by molar-refractivity contribution is 5.73. The number of carboxylic acids is 1. The number of rotatable bonds is 6. The molecule has 0 bridgehead atoms. The van der Waals surface area contributed by atoms with Gasteiger partial charge in [0.25, 0.3) is 0 Å². The van der Waals surface area contributed by atoms with Crippen molar-refractivity contribution in [2.24, 2.45) is 0 Å². The summed E-state index contributed by atoms with van der Waals surface area (Å²) in [7, 11) is 0. The summed E-state index contributed by atoms with van der Waals surface area (Å²) in [5, 5.41) is 12.1. The maximum Gasteiger partial charge on any atom is 0.320 e. The van der Waals surface area contributed by atoms with Crippen LogP contribution in [0.25, 0.3) is 0 Å². The second kappa shape index (κ2) is 6.30. The zero-order valence-corrected chi connectivity index (χ0v) is 10.5. The van der Waals surface area contributed by atoms with Crippen molar-refractivity contribution in [2.45, 2.75) is 45.7 Å². The Kier molecular flexibility index (Phi) is 5.03. The van der Waals surface area contributed by atoms with Crippen LogP contribution in [0.5, 0.6) is 0 Å². The molecule has 0 radical (unpaired) electrons. The molecule has 0 fully saturated rings. The minimum atomic E-state index is -0.819. The first-order chi connectivity index (χ1) is 8.06. The summed E-state index contributed by atoms with van der Waals surface area (Å²) in [5.74, 6) is -0.819. The molecule has 1 rings (SSSR count). The molecule has 0 aromatic carbocycles. The van der Waals surface area contributed by atoms with Gasteiger partial charge < -0.3 is 5.11 Å². The molecule has 0 saturated carbocycles. The van der Waals surface area contributed by atoms with E-state index < -0.39 is 12.0 Å². The van der Waals surface area contributed by atoms with Crippen molar-refractivity contribution in [3.63, 3.8) is 0 Å². The third-order valence-electron chi connectivity index (χ3n) is 2.66. The molecule has 5 nitrogen and oxygen atoms in total. The van der Waals surface area contributed by atoms with Gasteiger partial charge in [0.2, 0.25) is 0 Å². The van der Waals surface area contributed by atoms with Gasteiger partial charge in [0.05, 0.1) is 11.4 Å². The monoisotopic (exact) mass is 237 g/mol. The first kappa shape index (κ1) is 13.6. The Balaban J connectivity index is 2.73. The van der Waals surface area contributed by atoms with E-state index in [1.807, 2.05) is 20.8 Å². The molecular weight excluding hydrogens is 218 g/mol. The van der Waals surface area contributed by atoms with Gasteiger partial charge >= 0.3 is 5.97 Å². The summed E-state index contributed by atoms with van der Waals surface area (Å²) in [6.07, 6.45) is 4.69. The molecule has 1 heterocycles. The first-order valence-corrected chi connectivity index (χ1v) is 5.82. The highest BCUT2D eigenvalue weighted by atomic mass is 16.4. The zero-order chi connectivity index (χ0) is 12.8. The van der Waals surface area contributed by atoms with Gasteiger partial charge in [0, 0.05) is 18.4 Å². The van der Waals surface area contributed by atoms with E-state index in [-0.39, 0.29) is 6.04 Å². The van der Waals surface area contributed by atoms with Crippen LogP contribution in [-0.4, -0.2) is 27.1 Å². The lowest BCUT2D eigenvalue weighted by Gasteiger charge is -2.20. The van der Waals surface area contributed by atoms with Gasteiger partial charge in [-0.25, -0.2) is 0 Å². The lowest BCUT2D eigenvalue weighted by molar-refractivity contribution is -0.139. The number of hydrogen-bond acceptors (Lipinski definition) is 4. The predicted molar refractivity (Wildman–Crippen MR) is 64.7 cm³/mol. The van der Waals surface area contributed by atoms with E-state index in [4.69, 9.17) is 5.11 Å². The Hall–Kier alpha value is -1.49. The molecule has 0 spiro atoms. The van der Waals surface area contributed by atoms with Crippen LogP contribution in [0.3, 0.4) is 0 Å². The smallest absolute Gasteiger partial charge is 0.320 e. The van der Waals surface area contributed by atoms with Crippen LogP contribution in [-0.2, 0) is 4.79 Å². The SMILES string of the molecule is CCCC(NC(C)c1nccnc1C)C(=O)O. The summed E-state index contributed by atoms with van der Waals surface area (Å²) in [6.45, 7) is 5.74. The van der Waals surface area contributed by atoms with Crippen LogP contribution in [0.2, 0.25) is 0 Å². The van der Waals surface area contributed by atoms with E-state index in [2.05, 4.69) is 15.3 Å². The molecule has 17 heavy (non-hydrogen) atoms. The van der Waals surface area contributed by atoms with Crippen LogP contribution < -0.4 is 5.32 Å². The van der Waals surface area contributed by atoms with Crippen molar-refractivity contribution >= 4 is 5.97 Å². The number of nitrogens with one attached hydrogen (secondary N) is 1. The molecule has 1 aromatic rings. The maximum atomic E-state index is 11.0. The van der Waals surface area contributed by atoms with Crippen LogP contribution in [0, 0.1) is 6.92 Å². The molecule has 0 aliphatic rings. The molecule has 0 amide bonds. The minimum absolute atomic E-state index is 0.114. The molecule has 0 saturated heterocycles. The van der Waals surface area contributed by atoms with Crippen molar-refractivity contribution in [1.29, 1.82) is 0 Å². The van der Waals surface area contributed by atoms with Crippen molar-refractivity contribution in [3.8, 4) is 0 Å². The predicted octanol–water partition coefficient (Wildman–Crippen LogP) is 1.69. The van der Waals surface area contributed by atoms with Gasteiger partial charge in [-0.2, -0.15) is 0 Å². The summed E-state index contributed by atoms with van der Waals surface area (Å²) in [6, 6.07) is -0.646. The highest BCUT2D eigenvalue weighted by Crippen LogP contribution is 2.13. The van der Waals surface area contributed by atoms with Crippen molar-refractivity contribution in [2.75, 3.05) is 0 Å². The molecule has 0 aliphatic heterocycles. The van der Waals surface area contributed by atoms with E-state index in [0.717, 1.165) is 17.8 Å². The van der Waals surface area contributed by atoms with Crippen molar-refractivity contribution in [3.05, 3.63) is 23.8 Å². The van der Waals surface area contributed by atoms with Gasteiger partial charge in [-0.15, -0.1) is 0 Å². The third-order valence-corrected chi connectivity index (χ3v) is 2.66. The molecular formula is C12H19N3O2. The Labute approximate surface area is 101 Å². The van der Waals surface area contributed by atoms with Gasteiger partial charge in [-0.05, 0) is 20.3 Å². The van der Waals surface area contributed by atoms with Crippen LogP contribution in [0.4, 0.5) is 0 Å². The first-order valence-electron chi connectivity index (χ1n) is 5.82. The zero-order valence-electron chi connectivity index (χ0n) is 10.5. The molecule has 0 aliphatic carbocycles. The average molecular weight is 237 g/mol. The molecule has 2 N–H and O–H groups in total. The average Bonchev–Trinajstić information content (AvgIpc) is 2.28. The Bertz CT molecular complexity index is 382. The Morgan fingerprint density at radius 3 is 2.65 bits per heavy atom. The molecule has 94 valence electrons. The number of aliphatic carboxylic acids is 1. The fourth-order valence-electron chi connectivity index (χ4n) is 1.79. The van der Waals surface area contributed by atoms with Crippen LogP contribution >= 0.6 is 0 Å². The fraction of sp³-hybridized carbons (Fsp3) is 0.583. The van der Waals surface area contributed by atoms with E-state index in [1.165, 1.54) is 0 Å². The summed E-state index contributed by atoms with van der Waals surface area (Å²) < 4.78 is 0. The molecule has 2 unspecified atom stereocenters. The van der Waals surface area contributed by atoms with E-state index in [0.29, 0.717) is 6.42 Å². The molecule has 1 aromatic heterocycles. The van der Waals surface area contributed by atoms with E-state index in [1.54, 1.807) is 12.4 Å². The second-order valence-corrected chi connectivity index (χ2v) is 4.09. The van der Waals surface area contributed by atoms with Crippen molar-refractivity contribution < 1.29 is 9.90 Å². The number of carbonyl (C=O) groups is 1. The van der Waals surface area contributed by atoms with Crippen LogP contribution in [0.15, 0.2) is 12.4 Å². The minimum Gasteiger partial charge on any atom is -0.480 e. The fourth-order valence-corrected chi connectivity index (χ4v) is 1.79. The quantitative estimate of drug-likeness (QED) is 0.787. The largest absolute Gasteiger partial charge is 0.480 e. The second-order valence-electron chi connectivity index (χ2n) is 4.09. The number of aryl methyl sites for hydroxylation is 1. The highest BCUT2D eigenvalue weighted by Gasteiger charge is 2.20. The molecule has 5 heteroatoms. The summed E-state index contributed by atoms with van der Waals surface area (Å²) in [5.41, 5.74) is 1.63. The Morgan fingerprint density at radius 2 is 2.12 bits per heavy atom. The van der Waals surface area contributed by atoms with Crippen molar-refractivity contribution in [1.82, 2.24) is 15.3 Å². The van der Waals surface area contributed by atoms with Gasteiger partial charge in [0.1, 0.15) is 6.04 Å². The lowest BCUT2D eigenvalue weighted by atomic mass is 10.1. The Morgan fingerprint density at radius 1 is 1.47 bits per heavy atom. The van der Waals surface area contributed by atoms with Gasteiger partial charge in [-0.1, -0.05) is 13.3 Å². The topological polar surface area (TPSA) is 75.1 Å². The molecule has 2 atom stereocenters. The van der Waals surface area contributed by atoms with Gasteiger partial charge in [-0.3, -0.25) is 20.1 Å². The third kappa shape index (κ3) is 3.78. The number of hydrogen-bond donors (Lipinski definition) is 2. The van der Waals surface area contributed by atoms with E-state index in [9.17, 15) is 4.79 Å². The summed E-state index contributed by atoms with van der Waals surface area (Å²) >= 11 is 0. The van der Waals surface area contributed by atoms with Crippen LogP contribution in [0.1, 0.15) is 44.1 Å². The van der Waals surface area contributed by atoms with E-state index >= 15 is 0 Å². The standard InChI is InChI=1S/C12H19N3O2/c1-4-5-10(12(16)17)15-9(3)11-8(2)13-6-7-14-11/h6-7,9-10,15H,4-5H2,1-3H3,(H,16,17). The number of carboxylic acid groups (broad SMARTS) is 1. The van der Waals surface area contributed by atoms with Gasteiger partial charge in [0.15, 0.2) is 0 Å². The number of nitrogens with zero attached hydrogens (tertiary/aromatic N) is 2. The number of aromatic nitrogens is 2. The maximum absolute atomic E-state index is 11.0. The summed E-state index contributed by atoms with van der Waals surface area (Å²) in [4.78, 5) is 19.4. The normalized spacial score (nSPS) is 14.3. The lowest BCUT2D eigenvalue weighted by Crippen LogP contribution is -2.38.